The van der Waals surface area contributed by atoms with Gasteiger partial charge in [0.05, 0.1) is 12.1 Å². The largest absolute Gasteiger partial charge is 0.375 e. The third-order valence-corrected chi connectivity index (χ3v) is 5.08. The van der Waals surface area contributed by atoms with Crippen molar-refractivity contribution in [3.05, 3.63) is 77.4 Å². The maximum absolute atomic E-state index is 13.4. The van der Waals surface area contributed by atoms with Gasteiger partial charge in [-0.3, -0.25) is 9.69 Å². The topological polar surface area (TPSA) is 60.2 Å². The van der Waals surface area contributed by atoms with Gasteiger partial charge in [-0.25, -0.2) is 9.07 Å². The molecule has 0 spiro atoms. The van der Waals surface area contributed by atoms with Crippen molar-refractivity contribution < 1.29 is 13.9 Å². The van der Waals surface area contributed by atoms with Crippen LogP contribution < -0.4 is 4.90 Å². The summed E-state index contributed by atoms with van der Waals surface area (Å²) in [7, 11) is 1.49. The molecular weight excluding hydrogens is 359 g/mol. The number of carbonyl (C=O) groups excluding carboxylic acids is 1. The molecule has 144 valence electrons. The van der Waals surface area contributed by atoms with E-state index in [0.29, 0.717) is 12.4 Å². The van der Waals surface area contributed by atoms with E-state index >= 15 is 0 Å². The molecule has 28 heavy (non-hydrogen) atoms. The Bertz CT molecular complexity index is 969. The second-order valence-corrected chi connectivity index (χ2v) is 6.93. The van der Waals surface area contributed by atoms with Gasteiger partial charge in [-0.15, -0.1) is 0 Å². The second kappa shape index (κ2) is 7.52. The number of aromatic nitrogens is 3. The first kappa shape index (κ1) is 18.3. The maximum Gasteiger partial charge on any atom is 0.255 e. The number of halogens is 1. The molecular formula is C21H21FN4O2. The fourth-order valence-electron chi connectivity index (χ4n) is 3.71. The molecule has 0 saturated carbocycles. The predicted octanol–water partition coefficient (Wildman–Crippen LogP) is 3.44. The number of ether oxygens (including phenoxy) is 1. The number of amides is 1. The Kier molecular flexibility index (Phi) is 4.92. The molecule has 0 unspecified atom stereocenters. The number of aryl methyl sites for hydroxylation is 1. The van der Waals surface area contributed by atoms with Gasteiger partial charge in [-0.2, -0.15) is 10.1 Å². The molecule has 0 saturated heterocycles. The Hall–Kier alpha value is -3.06. The van der Waals surface area contributed by atoms with E-state index in [1.165, 1.54) is 25.6 Å². The van der Waals surface area contributed by atoms with Crippen molar-refractivity contribution >= 4 is 11.9 Å². The molecule has 1 amide bonds. The van der Waals surface area contributed by atoms with Crippen LogP contribution >= 0.6 is 0 Å². The van der Waals surface area contributed by atoms with Gasteiger partial charge < -0.3 is 4.74 Å². The van der Waals surface area contributed by atoms with E-state index in [-0.39, 0.29) is 30.4 Å². The molecule has 0 fully saturated rings. The van der Waals surface area contributed by atoms with E-state index in [4.69, 9.17) is 4.74 Å². The zero-order chi connectivity index (χ0) is 19.7. The summed E-state index contributed by atoms with van der Waals surface area (Å²) in [6, 6.07) is 14.1. The van der Waals surface area contributed by atoms with E-state index in [1.807, 2.05) is 31.2 Å². The minimum absolute atomic E-state index is 0.0452. The molecule has 1 aliphatic rings. The first-order chi connectivity index (χ1) is 13.6. The zero-order valence-electron chi connectivity index (χ0n) is 15.7. The number of benzene rings is 2. The Labute approximate surface area is 162 Å². The zero-order valence-corrected chi connectivity index (χ0v) is 15.7. The van der Waals surface area contributed by atoms with Gasteiger partial charge in [0.15, 0.2) is 0 Å². The van der Waals surface area contributed by atoms with Crippen LogP contribution in [0.1, 0.15) is 35.2 Å². The molecule has 4 rings (SSSR count). The SMILES string of the molecule is COCC(=O)N1c2ncnn2[C@H](c2ccc(F)cc2)C[C@@H]1c1ccc(C)cc1. The second-order valence-electron chi connectivity index (χ2n) is 6.93. The highest BCUT2D eigenvalue weighted by atomic mass is 19.1. The first-order valence-corrected chi connectivity index (χ1v) is 9.11. The van der Waals surface area contributed by atoms with Crippen molar-refractivity contribution in [1.29, 1.82) is 0 Å². The highest BCUT2D eigenvalue weighted by molar-refractivity contribution is 5.93. The van der Waals surface area contributed by atoms with Crippen LogP contribution in [0.4, 0.5) is 10.3 Å². The molecule has 0 radical (unpaired) electrons. The van der Waals surface area contributed by atoms with Crippen LogP contribution in [0.5, 0.6) is 0 Å². The Morgan fingerprint density at radius 2 is 1.75 bits per heavy atom. The average molecular weight is 380 g/mol. The normalized spacial score (nSPS) is 18.8. The van der Waals surface area contributed by atoms with Crippen LogP contribution in [0.25, 0.3) is 0 Å². The third kappa shape index (κ3) is 3.29. The van der Waals surface area contributed by atoms with Gasteiger partial charge in [0.2, 0.25) is 5.95 Å². The van der Waals surface area contributed by atoms with Crippen molar-refractivity contribution in [2.75, 3.05) is 18.6 Å². The van der Waals surface area contributed by atoms with Crippen LogP contribution in [0.15, 0.2) is 54.9 Å². The summed E-state index contributed by atoms with van der Waals surface area (Å²) < 4.78 is 20.2. The van der Waals surface area contributed by atoms with Gasteiger partial charge in [0.25, 0.3) is 5.91 Å². The van der Waals surface area contributed by atoms with Gasteiger partial charge in [0, 0.05) is 7.11 Å². The molecule has 0 N–H and O–H groups in total. The van der Waals surface area contributed by atoms with Crippen molar-refractivity contribution in [1.82, 2.24) is 14.8 Å². The van der Waals surface area contributed by atoms with Crippen LogP contribution in [0, 0.1) is 12.7 Å². The Morgan fingerprint density at radius 3 is 2.43 bits per heavy atom. The van der Waals surface area contributed by atoms with E-state index < -0.39 is 0 Å². The molecule has 0 aliphatic carbocycles. The summed E-state index contributed by atoms with van der Waals surface area (Å²) in [6.45, 7) is 1.98. The number of fused-ring (bicyclic) bond motifs is 1. The monoisotopic (exact) mass is 380 g/mol. The fourth-order valence-corrected chi connectivity index (χ4v) is 3.71. The summed E-state index contributed by atoms with van der Waals surface area (Å²) in [5.74, 6) is -0.00145. The molecule has 2 aromatic carbocycles. The highest BCUT2D eigenvalue weighted by Gasteiger charge is 2.39. The molecule has 7 heteroatoms. The molecule has 6 nitrogen and oxygen atoms in total. The van der Waals surface area contributed by atoms with Crippen molar-refractivity contribution in [2.45, 2.75) is 25.4 Å². The van der Waals surface area contributed by atoms with Crippen LogP contribution in [0.2, 0.25) is 0 Å². The van der Waals surface area contributed by atoms with Crippen LogP contribution in [-0.4, -0.2) is 34.4 Å². The number of rotatable bonds is 4. The standard InChI is InChI=1S/C21H21FN4O2/c1-14-3-5-15(6-4-14)18-11-19(16-7-9-17(22)10-8-16)26-21(23-13-24-26)25(18)20(27)12-28-2/h3-10,13,18-19H,11-12H2,1-2H3/t18-,19+/m1/s1. The maximum atomic E-state index is 13.4. The van der Waals surface area contributed by atoms with Crippen molar-refractivity contribution in [3.8, 4) is 0 Å². The summed E-state index contributed by atoms with van der Waals surface area (Å²) in [6.07, 6.45) is 2.04. The molecule has 1 aliphatic heterocycles. The summed E-state index contributed by atoms with van der Waals surface area (Å²) in [5.41, 5.74) is 3.08. The summed E-state index contributed by atoms with van der Waals surface area (Å²) in [5, 5.41) is 4.35. The number of nitrogens with zero attached hydrogens (tertiary/aromatic N) is 4. The molecule has 3 aromatic rings. The highest BCUT2D eigenvalue weighted by Crippen LogP contribution is 2.41. The quantitative estimate of drug-likeness (QED) is 0.696. The van der Waals surface area contributed by atoms with Crippen molar-refractivity contribution in [2.24, 2.45) is 0 Å². The number of methoxy groups -OCH3 is 1. The lowest BCUT2D eigenvalue weighted by Crippen LogP contribution is -2.44. The number of hydrogen-bond acceptors (Lipinski definition) is 4. The third-order valence-electron chi connectivity index (χ3n) is 5.08. The van der Waals surface area contributed by atoms with E-state index in [0.717, 1.165) is 16.7 Å². The number of carbonyl (C=O) groups is 1. The first-order valence-electron chi connectivity index (χ1n) is 9.11. The van der Waals surface area contributed by atoms with Crippen molar-refractivity contribution in [3.63, 3.8) is 0 Å². The van der Waals surface area contributed by atoms with Crippen LogP contribution in [0.3, 0.4) is 0 Å². The lowest BCUT2D eigenvalue weighted by molar-refractivity contribution is -0.123. The fraction of sp³-hybridized carbons (Fsp3) is 0.286. The molecule has 2 atom stereocenters. The van der Waals surface area contributed by atoms with E-state index in [9.17, 15) is 9.18 Å². The van der Waals surface area contributed by atoms with Crippen LogP contribution in [-0.2, 0) is 9.53 Å². The van der Waals surface area contributed by atoms with Gasteiger partial charge in [-0.05, 0) is 36.6 Å². The van der Waals surface area contributed by atoms with E-state index in [1.54, 1.807) is 21.7 Å². The van der Waals surface area contributed by atoms with Gasteiger partial charge in [0.1, 0.15) is 18.8 Å². The lowest BCUT2D eigenvalue weighted by Gasteiger charge is -2.39. The molecule has 0 bridgehead atoms. The minimum Gasteiger partial charge on any atom is -0.375 e. The number of anilines is 1. The Morgan fingerprint density at radius 1 is 1.11 bits per heavy atom. The van der Waals surface area contributed by atoms with Gasteiger partial charge in [-0.1, -0.05) is 42.0 Å². The molecule has 2 heterocycles. The smallest absolute Gasteiger partial charge is 0.255 e. The van der Waals surface area contributed by atoms with Gasteiger partial charge >= 0.3 is 0 Å². The van der Waals surface area contributed by atoms with E-state index in [2.05, 4.69) is 10.1 Å². The predicted molar refractivity (Wildman–Crippen MR) is 102 cm³/mol. The number of hydrogen-bond donors (Lipinski definition) is 0. The lowest BCUT2D eigenvalue weighted by atomic mass is 9.91. The average Bonchev–Trinajstić information content (AvgIpc) is 3.18. The summed E-state index contributed by atoms with van der Waals surface area (Å²) in [4.78, 5) is 18.9. The minimum atomic E-state index is -0.287. The summed E-state index contributed by atoms with van der Waals surface area (Å²) >= 11 is 0. The molecule has 1 aromatic heterocycles. The Balaban J connectivity index is 1.81.